The van der Waals surface area contributed by atoms with Gasteiger partial charge in [0.1, 0.15) is 11.4 Å². The number of hydrogen-bond acceptors (Lipinski definition) is 3. The number of nitrogens with zero attached hydrogens (tertiary/aromatic N) is 5. The van der Waals surface area contributed by atoms with Crippen LogP contribution in [0.3, 0.4) is 0 Å². The van der Waals surface area contributed by atoms with E-state index in [1.54, 1.807) is 35.1 Å². The Labute approximate surface area is 152 Å². The number of para-hydroxylation sites is 1. The number of halogens is 3. The second-order valence-electron chi connectivity index (χ2n) is 6.01. The van der Waals surface area contributed by atoms with Crippen molar-refractivity contribution in [1.29, 1.82) is 0 Å². The van der Waals surface area contributed by atoms with Crippen LogP contribution < -0.4 is 0 Å². The molecule has 0 N–H and O–H groups in total. The predicted molar refractivity (Wildman–Crippen MR) is 93.7 cm³/mol. The van der Waals surface area contributed by atoms with Crippen molar-refractivity contribution in [2.75, 3.05) is 0 Å². The molecule has 4 aromatic rings. The lowest BCUT2D eigenvalue weighted by Crippen LogP contribution is -2.13. The molecule has 0 radical (unpaired) electrons. The van der Waals surface area contributed by atoms with Crippen LogP contribution in [0.1, 0.15) is 11.4 Å². The summed E-state index contributed by atoms with van der Waals surface area (Å²) < 4.78 is 42.1. The number of aromatic nitrogens is 5. The summed E-state index contributed by atoms with van der Waals surface area (Å²) in [7, 11) is 0. The molecule has 5 nitrogen and oxygen atoms in total. The molecular weight excluding hydrogens is 355 g/mol. The number of benzene rings is 2. The Morgan fingerprint density at radius 2 is 1.59 bits per heavy atom. The number of rotatable bonds is 3. The molecular formula is C19H14F3N5. The van der Waals surface area contributed by atoms with E-state index in [0.29, 0.717) is 17.1 Å². The second kappa shape index (κ2) is 6.39. The fourth-order valence-corrected chi connectivity index (χ4v) is 2.77. The van der Waals surface area contributed by atoms with Gasteiger partial charge in [0.15, 0.2) is 0 Å². The van der Waals surface area contributed by atoms with Crippen LogP contribution in [0.15, 0.2) is 66.9 Å². The summed E-state index contributed by atoms with van der Waals surface area (Å²) in [6.45, 7) is 1.53. The number of hydrogen-bond donors (Lipinski definition) is 0. The van der Waals surface area contributed by atoms with Crippen molar-refractivity contribution in [1.82, 2.24) is 24.8 Å². The molecule has 0 aliphatic heterocycles. The lowest BCUT2D eigenvalue weighted by molar-refractivity contribution is -0.142. The van der Waals surface area contributed by atoms with E-state index in [4.69, 9.17) is 0 Å². The van der Waals surface area contributed by atoms with E-state index < -0.39 is 11.9 Å². The molecule has 0 fully saturated rings. The molecule has 0 aliphatic rings. The van der Waals surface area contributed by atoms with Gasteiger partial charge in [0, 0.05) is 5.56 Å². The van der Waals surface area contributed by atoms with E-state index in [9.17, 15) is 13.2 Å². The van der Waals surface area contributed by atoms with Gasteiger partial charge in [0.2, 0.25) is 0 Å². The maximum atomic E-state index is 13.2. The topological polar surface area (TPSA) is 48.5 Å². The molecule has 0 aliphatic carbocycles. The first-order valence-electron chi connectivity index (χ1n) is 8.14. The quantitative estimate of drug-likeness (QED) is 0.536. The van der Waals surface area contributed by atoms with E-state index in [0.717, 1.165) is 22.0 Å². The molecule has 0 atom stereocenters. The highest BCUT2D eigenvalue weighted by Crippen LogP contribution is 2.32. The van der Waals surface area contributed by atoms with Crippen LogP contribution in [0.2, 0.25) is 0 Å². The largest absolute Gasteiger partial charge is 0.433 e. The van der Waals surface area contributed by atoms with Gasteiger partial charge in [-0.2, -0.15) is 18.3 Å². The Balaban J connectivity index is 1.65. The van der Waals surface area contributed by atoms with Crippen LogP contribution >= 0.6 is 0 Å². The van der Waals surface area contributed by atoms with Gasteiger partial charge >= 0.3 is 6.18 Å². The molecule has 8 heteroatoms. The minimum Gasteiger partial charge on any atom is -0.228 e. The van der Waals surface area contributed by atoms with Crippen LogP contribution in [0.4, 0.5) is 13.2 Å². The highest BCUT2D eigenvalue weighted by molar-refractivity contribution is 5.60. The molecule has 4 rings (SSSR count). The fraction of sp³-hybridized carbons (Fsp3) is 0.105. The second-order valence-corrected chi connectivity index (χ2v) is 6.01. The Kier molecular flexibility index (Phi) is 4.02. The summed E-state index contributed by atoms with van der Waals surface area (Å²) in [4.78, 5) is 0. The highest BCUT2D eigenvalue weighted by atomic mass is 19.4. The van der Waals surface area contributed by atoms with E-state index in [1.807, 2.05) is 30.3 Å². The van der Waals surface area contributed by atoms with Crippen LogP contribution in [0.5, 0.6) is 0 Å². The molecule has 0 bridgehead atoms. The Hall–Kier alpha value is -3.42. The van der Waals surface area contributed by atoms with Gasteiger partial charge in [-0.15, -0.1) is 5.10 Å². The van der Waals surface area contributed by atoms with Crippen LogP contribution in [0.25, 0.3) is 22.6 Å². The minimum absolute atomic E-state index is 0.303. The molecule has 0 saturated heterocycles. The van der Waals surface area contributed by atoms with Gasteiger partial charge in [-0.3, -0.25) is 0 Å². The van der Waals surface area contributed by atoms with Gasteiger partial charge in [0.05, 0.1) is 23.3 Å². The normalized spacial score (nSPS) is 11.7. The van der Waals surface area contributed by atoms with Crippen molar-refractivity contribution in [3.8, 4) is 22.6 Å². The van der Waals surface area contributed by atoms with Crippen molar-refractivity contribution in [2.24, 2.45) is 0 Å². The standard InChI is InChI=1S/C19H14F3N5/c1-13-11-18(19(20,21)22)27(24-13)16-9-7-14(8-10-16)17-12-26(25-23-17)15-5-3-2-4-6-15/h2-12H,1H3. The maximum Gasteiger partial charge on any atom is 0.433 e. The Morgan fingerprint density at radius 3 is 2.26 bits per heavy atom. The molecule has 2 aromatic heterocycles. The van der Waals surface area contributed by atoms with E-state index in [1.165, 1.54) is 6.92 Å². The predicted octanol–water partition coefficient (Wildman–Crippen LogP) is 4.45. The van der Waals surface area contributed by atoms with E-state index in [2.05, 4.69) is 15.4 Å². The Morgan fingerprint density at radius 1 is 0.889 bits per heavy atom. The zero-order chi connectivity index (χ0) is 19.0. The summed E-state index contributed by atoms with van der Waals surface area (Å²) in [5.41, 5.74) is 2.07. The lowest BCUT2D eigenvalue weighted by Gasteiger charge is -2.10. The van der Waals surface area contributed by atoms with Gasteiger partial charge in [-0.25, -0.2) is 9.36 Å². The smallest absolute Gasteiger partial charge is 0.228 e. The molecule has 0 amide bonds. The zero-order valence-electron chi connectivity index (χ0n) is 14.2. The monoisotopic (exact) mass is 369 g/mol. The van der Waals surface area contributed by atoms with Crippen molar-refractivity contribution in [3.63, 3.8) is 0 Å². The van der Waals surface area contributed by atoms with E-state index in [-0.39, 0.29) is 0 Å². The van der Waals surface area contributed by atoms with Gasteiger partial charge in [-0.05, 0) is 37.3 Å². The molecule has 2 heterocycles. The summed E-state index contributed by atoms with van der Waals surface area (Å²) in [5, 5.41) is 12.2. The molecule has 0 unspecified atom stereocenters. The average Bonchev–Trinajstić information content (AvgIpc) is 3.29. The van der Waals surface area contributed by atoms with Crippen LogP contribution in [0, 0.1) is 6.92 Å². The van der Waals surface area contributed by atoms with Crippen molar-refractivity contribution < 1.29 is 13.2 Å². The van der Waals surface area contributed by atoms with Crippen molar-refractivity contribution >= 4 is 0 Å². The van der Waals surface area contributed by atoms with E-state index >= 15 is 0 Å². The average molecular weight is 369 g/mol. The van der Waals surface area contributed by atoms with Crippen LogP contribution in [-0.2, 0) is 6.18 Å². The van der Waals surface area contributed by atoms with Gasteiger partial charge in [-0.1, -0.05) is 35.5 Å². The van der Waals surface area contributed by atoms with Crippen LogP contribution in [-0.4, -0.2) is 24.8 Å². The van der Waals surface area contributed by atoms with Gasteiger partial charge in [0.25, 0.3) is 0 Å². The third kappa shape index (κ3) is 3.33. The number of alkyl halides is 3. The first-order valence-corrected chi connectivity index (χ1v) is 8.14. The maximum absolute atomic E-state index is 13.2. The summed E-state index contributed by atoms with van der Waals surface area (Å²) in [6, 6.07) is 17.1. The zero-order valence-corrected chi connectivity index (χ0v) is 14.2. The summed E-state index contributed by atoms with van der Waals surface area (Å²) >= 11 is 0. The number of aryl methyl sites for hydroxylation is 1. The Bertz CT molecular complexity index is 1060. The molecule has 27 heavy (non-hydrogen) atoms. The fourth-order valence-electron chi connectivity index (χ4n) is 2.77. The SMILES string of the molecule is Cc1cc(C(F)(F)F)n(-c2ccc(-c3cn(-c4ccccc4)nn3)cc2)n1. The minimum atomic E-state index is -4.47. The third-order valence-corrected chi connectivity index (χ3v) is 4.04. The molecule has 2 aromatic carbocycles. The van der Waals surface area contributed by atoms with Gasteiger partial charge < -0.3 is 0 Å². The van der Waals surface area contributed by atoms with Crippen molar-refractivity contribution in [2.45, 2.75) is 13.1 Å². The summed E-state index contributed by atoms with van der Waals surface area (Å²) in [6.07, 6.45) is -2.71. The summed E-state index contributed by atoms with van der Waals surface area (Å²) in [5.74, 6) is 0. The molecule has 136 valence electrons. The third-order valence-electron chi connectivity index (χ3n) is 4.04. The molecule has 0 saturated carbocycles. The highest BCUT2D eigenvalue weighted by Gasteiger charge is 2.35. The molecule has 0 spiro atoms. The first kappa shape index (κ1) is 17.0. The van der Waals surface area contributed by atoms with Crippen molar-refractivity contribution in [3.05, 3.63) is 78.2 Å². The first-order chi connectivity index (χ1) is 12.9. The lowest BCUT2D eigenvalue weighted by atomic mass is 10.1.